The molecule has 0 aromatic carbocycles. The maximum atomic E-state index is 5.47. The fourth-order valence-corrected chi connectivity index (χ4v) is 1.05. The van der Waals surface area contributed by atoms with E-state index in [0.717, 1.165) is 18.2 Å². The van der Waals surface area contributed by atoms with Crippen molar-refractivity contribution in [2.24, 2.45) is 5.73 Å². The molecule has 0 aliphatic carbocycles. The van der Waals surface area contributed by atoms with Gasteiger partial charge in [-0.05, 0) is 6.92 Å². The Morgan fingerprint density at radius 3 is 2.83 bits per heavy atom. The summed E-state index contributed by atoms with van der Waals surface area (Å²) in [6.07, 6.45) is 0. The van der Waals surface area contributed by atoms with Crippen LogP contribution in [0.4, 0.5) is 0 Å². The lowest BCUT2D eigenvalue weighted by Crippen LogP contribution is -2.12. The number of rotatable bonds is 4. The molecule has 68 valence electrons. The summed E-state index contributed by atoms with van der Waals surface area (Å²) in [4.78, 5) is 0. The van der Waals surface area contributed by atoms with Gasteiger partial charge in [0.05, 0.1) is 13.2 Å². The molecule has 0 aliphatic rings. The smallest absolute Gasteiger partial charge is 0.146 e. The van der Waals surface area contributed by atoms with Crippen LogP contribution in [-0.4, -0.2) is 28.5 Å². The number of methoxy groups -OCH3 is 1. The first-order valence-corrected chi connectivity index (χ1v) is 3.87. The molecule has 1 aromatic heterocycles. The highest BCUT2D eigenvalue weighted by atomic mass is 16.5. The van der Waals surface area contributed by atoms with Crippen molar-refractivity contribution in [3.63, 3.8) is 0 Å². The van der Waals surface area contributed by atoms with Crippen LogP contribution < -0.4 is 5.73 Å². The number of aryl methyl sites for hydroxylation is 1. The molecule has 0 unspecified atom stereocenters. The Kier molecular flexibility index (Phi) is 3.19. The molecule has 0 spiro atoms. The third-order valence-corrected chi connectivity index (χ3v) is 1.71. The van der Waals surface area contributed by atoms with Gasteiger partial charge in [0.2, 0.25) is 0 Å². The Morgan fingerprint density at radius 1 is 1.50 bits per heavy atom. The first kappa shape index (κ1) is 9.15. The zero-order chi connectivity index (χ0) is 8.97. The highest BCUT2D eigenvalue weighted by molar-refractivity contribution is 4.92. The number of ether oxygens (including phenoxy) is 1. The van der Waals surface area contributed by atoms with Gasteiger partial charge in [-0.25, -0.2) is 0 Å². The lowest BCUT2D eigenvalue weighted by Gasteiger charge is -2.05. The normalized spacial score (nSPS) is 10.6. The fourth-order valence-electron chi connectivity index (χ4n) is 1.05. The summed E-state index contributed by atoms with van der Waals surface area (Å²) >= 11 is 0. The second kappa shape index (κ2) is 4.18. The van der Waals surface area contributed by atoms with E-state index >= 15 is 0 Å². The largest absolute Gasteiger partial charge is 0.383 e. The molecule has 1 aromatic rings. The van der Waals surface area contributed by atoms with Crippen molar-refractivity contribution in [1.29, 1.82) is 0 Å². The van der Waals surface area contributed by atoms with Crippen molar-refractivity contribution in [2.45, 2.75) is 20.0 Å². The molecule has 1 heterocycles. The van der Waals surface area contributed by atoms with Crippen LogP contribution in [0.5, 0.6) is 0 Å². The van der Waals surface area contributed by atoms with Crippen LogP contribution >= 0.6 is 0 Å². The van der Waals surface area contributed by atoms with Crippen molar-refractivity contribution < 1.29 is 4.74 Å². The van der Waals surface area contributed by atoms with Crippen molar-refractivity contribution >= 4 is 0 Å². The second-order valence-corrected chi connectivity index (χ2v) is 2.51. The molecular formula is C7H14N4O. The zero-order valence-electron chi connectivity index (χ0n) is 7.45. The van der Waals surface area contributed by atoms with Gasteiger partial charge in [-0.15, -0.1) is 10.2 Å². The summed E-state index contributed by atoms with van der Waals surface area (Å²) in [5.41, 5.74) is 5.47. The molecule has 2 N–H and O–H groups in total. The molecular weight excluding hydrogens is 156 g/mol. The van der Waals surface area contributed by atoms with Crippen LogP contribution in [0.1, 0.15) is 11.6 Å². The quantitative estimate of drug-likeness (QED) is 0.673. The average Bonchev–Trinajstić information content (AvgIpc) is 2.43. The molecule has 0 fully saturated rings. The maximum absolute atomic E-state index is 5.47. The van der Waals surface area contributed by atoms with E-state index < -0.39 is 0 Å². The minimum Gasteiger partial charge on any atom is -0.383 e. The van der Waals surface area contributed by atoms with E-state index in [-0.39, 0.29) is 0 Å². The summed E-state index contributed by atoms with van der Waals surface area (Å²) < 4.78 is 6.91. The predicted octanol–water partition coefficient (Wildman–Crippen LogP) is -0.308. The number of nitrogens with two attached hydrogens (primary N) is 1. The van der Waals surface area contributed by atoms with Gasteiger partial charge in [0.1, 0.15) is 11.6 Å². The minimum atomic E-state index is 0.421. The first-order chi connectivity index (χ1) is 5.79. The molecule has 0 radical (unpaired) electrons. The zero-order valence-corrected chi connectivity index (χ0v) is 7.45. The molecule has 0 aliphatic heterocycles. The fraction of sp³-hybridized carbons (Fsp3) is 0.714. The van der Waals surface area contributed by atoms with Crippen LogP contribution in [0.15, 0.2) is 0 Å². The molecule has 0 saturated carbocycles. The predicted molar refractivity (Wildman–Crippen MR) is 44.5 cm³/mol. The lowest BCUT2D eigenvalue weighted by atomic mass is 10.5. The topological polar surface area (TPSA) is 66.0 Å². The van der Waals surface area contributed by atoms with Gasteiger partial charge in [-0.1, -0.05) is 0 Å². The second-order valence-electron chi connectivity index (χ2n) is 2.51. The monoisotopic (exact) mass is 170 g/mol. The van der Waals surface area contributed by atoms with Gasteiger partial charge in [-0.3, -0.25) is 0 Å². The van der Waals surface area contributed by atoms with Crippen LogP contribution in [0, 0.1) is 6.92 Å². The van der Waals surface area contributed by atoms with Crippen LogP contribution in [0.2, 0.25) is 0 Å². The van der Waals surface area contributed by atoms with E-state index in [1.54, 1.807) is 7.11 Å². The van der Waals surface area contributed by atoms with Crippen molar-refractivity contribution in [1.82, 2.24) is 14.8 Å². The van der Waals surface area contributed by atoms with Crippen molar-refractivity contribution in [3.8, 4) is 0 Å². The summed E-state index contributed by atoms with van der Waals surface area (Å²) in [6.45, 7) is 3.75. The standard InChI is InChI=1S/C7H14N4O/c1-6-9-10-7(5-8)11(6)3-4-12-2/h3-5,8H2,1-2H3. The summed E-state index contributed by atoms with van der Waals surface area (Å²) in [7, 11) is 1.67. The first-order valence-electron chi connectivity index (χ1n) is 3.87. The molecule has 12 heavy (non-hydrogen) atoms. The molecule has 1 rings (SSSR count). The SMILES string of the molecule is COCCn1c(C)nnc1CN. The van der Waals surface area contributed by atoms with Crippen molar-refractivity contribution in [2.75, 3.05) is 13.7 Å². The Hall–Kier alpha value is -0.940. The van der Waals surface area contributed by atoms with Crippen LogP contribution in [-0.2, 0) is 17.8 Å². The average molecular weight is 170 g/mol. The van der Waals surface area contributed by atoms with E-state index in [1.165, 1.54) is 0 Å². The molecule has 0 amide bonds. The highest BCUT2D eigenvalue weighted by Crippen LogP contribution is 1.99. The number of hydrogen-bond donors (Lipinski definition) is 1. The van der Waals surface area contributed by atoms with Crippen LogP contribution in [0.3, 0.4) is 0 Å². The summed E-state index contributed by atoms with van der Waals surface area (Å²) in [5.74, 6) is 1.69. The van der Waals surface area contributed by atoms with Crippen LogP contribution in [0.25, 0.3) is 0 Å². The Balaban J connectivity index is 2.72. The molecule has 5 nitrogen and oxygen atoms in total. The molecule has 0 saturated heterocycles. The maximum Gasteiger partial charge on any atom is 0.146 e. The van der Waals surface area contributed by atoms with Gasteiger partial charge >= 0.3 is 0 Å². The van der Waals surface area contributed by atoms with Gasteiger partial charge in [-0.2, -0.15) is 0 Å². The third-order valence-electron chi connectivity index (χ3n) is 1.71. The highest BCUT2D eigenvalue weighted by Gasteiger charge is 2.05. The summed E-state index contributed by atoms with van der Waals surface area (Å²) in [5, 5.41) is 7.84. The summed E-state index contributed by atoms with van der Waals surface area (Å²) in [6, 6.07) is 0. The number of aromatic nitrogens is 3. The number of nitrogens with zero attached hydrogens (tertiary/aromatic N) is 3. The third kappa shape index (κ3) is 1.80. The Labute approximate surface area is 71.5 Å². The van der Waals surface area contributed by atoms with Gasteiger partial charge in [0, 0.05) is 13.7 Å². The molecule has 0 atom stereocenters. The van der Waals surface area contributed by atoms with Gasteiger partial charge in [0.15, 0.2) is 0 Å². The van der Waals surface area contributed by atoms with E-state index in [1.807, 2.05) is 11.5 Å². The molecule has 5 heteroatoms. The van der Waals surface area contributed by atoms with E-state index in [9.17, 15) is 0 Å². The lowest BCUT2D eigenvalue weighted by molar-refractivity contribution is 0.185. The number of hydrogen-bond acceptors (Lipinski definition) is 4. The van der Waals surface area contributed by atoms with E-state index in [4.69, 9.17) is 10.5 Å². The van der Waals surface area contributed by atoms with Crippen molar-refractivity contribution in [3.05, 3.63) is 11.6 Å². The minimum absolute atomic E-state index is 0.421. The van der Waals surface area contributed by atoms with Gasteiger partial charge in [0.25, 0.3) is 0 Å². The Morgan fingerprint density at radius 2 is 2.25 bits per heavy atom. The van der Waals surface area contributed by atoms with E-state index in [2.05, 4.69) is 10.2 Å². The van der Waals surface area contributed by atoms with Gasteiger partial charge < -0.3 is 15.0 Å². The molecule has 0 bridgehead atoms. The Bertz CT molecular complexity index is 246. The van der Waals surface area contributed by atoms with E-state index in [0.29, 0.717) is 13.2 Å².